The molecule has 0 amide bonds. The molecular weight excluding hydrogens is 293 g/mol. The Labute approximate surface area is 117 Å². The van der Waals surface area contributed by atoms with Gasteiger partial charge in [-0.1, -0.05) is 29.8 Å². The summed E-state index contributed by atoms with van der Waals surface area (Å²) in [5, 5.41) is 2.37. The molecule has 1 aliphatic carbocycles. The summed E-state index contributed by atoms with van der Waals surface area (Å²) in [6, 6.07) is 2.88. The van der Waals surface area contributed by atoms with Crippen molar-refractivity contribution in [1.29, 1.82) is 0 Å². The minimum atomic E-state index is -4.58. The Kier molecular flexibility index (Phi) is 4.04. The van der Waals surface area contributed by atoms with Crippen molar-refractivity contribution in [2.75, 3.05) is 0 Å². The largest absolute Gasteiger partial charge is 0.417 e. The van der Waals surface area contributed by atoms with E-state index in [4.69, 9.17) is 11.6 Å². The van der Waals surface area contributed by atoms with Gasteiger partial charge in [0, 0.05) is 12.1 Å². The molecule has 2 rings (SSSR count). The topological polar surface area (TPSA) is 42.3 Å². The summed E-state index contributed by atoms with van der Waals surface area (Å²) in [6.07, 6.45) is 1.75. The third kappa shape index (κ3) is 2.96. The lowest BCUT2D eigenvalue weighted by molar-refractivity contribution is -0.0888. The zero-order chi connectivity index (χ0) is 14.8. The van der Waals surface area contributed by atoms with E-state index >= 15 is 0 Å². The van der Waals surface area contributed by atoms with E-state index in [-0.39, 0.29) is 11.4 Å². The van der Waals surface area contributed by atoms with Crippen LogP contribution in [0, 0.1) is 4.91 Å². The predicted octanol–water partition coefficient (Wildman–Crippen LogP) is 4.74. The van der Waals surface area contributed by atoms with Crippen LogP contribution in [0.1, 0.15) is 11.6 Å². The van der Waals surface area contributed by atoms with Gasteiger partial charge in [-0.05, 0) is 23.4 Å². The molecule has 1 aromatic rings. The number of pyridine rings is 1. The molecule has 0 saturated heterocycles. The third-order valence-electron chi connectivity index (χ3n) is 2.70. The van der Waals surface area contributed by atoms with Crippen LogP contribution in [0.2, 0.25) is 0 Å². The van der Waals surface area contributed by atoms with Crippen LogP contribution in [0.25, 0.3) is 0 Å². The number of aromatic nitrogens is 1. The van der Waals surface area contributed by atoms with Gasteiger partial charge in [-0.3, -0.25) is 4.98 Å². The number of nitroso groups, excluding NO2 is 1. The van der Waals surface area contributed by atoms with Crippen LogP contribution in [0.3, 0.4) is 0 Å². The summed E-state index contributed by atoms with van der Waals surface area (Å²) >= 11 is 5.61. The Morgan fingerprint density at radius 1 is 1.35 bits per heavy atom. The van der Waals surface area contributed by atoms with Crippen molar-refractivity contribution in [3.63, 3.8) is 0 Å². The molecule has 104 valence electrons. The normalized spacial score (nSPS) is 19.1. The van der Waals surface area contributed by atoms with E-state index in [0.29, 0.717) is 0 Å². The fourth-order valence-electron chi connectivity index (χ4n) is 1.81. The molecule has 1 aromatic heterocycles. The molecule has 0 aromatic carbocycles. The fraction of sp³-hybridized carbons (Fsp3) is 0.154. The van der Waals surface area contributed by atoms with Crippen molar-refractivity contribution in [3.05, 3.63) is 63.8 Å². The number of hydrogen-bond acceptors (Lipinski definition) is 3. The van der Waals surface area contributed by atoms with Crippen molar-refractivity contribution in [2.45, 2.75) is 12.1 Å². The van der Waals surface area contributed by atoms with E-state index in [2.05, 4.69) is 10.2 Å². The summed E-state index contributed by atoms with van der Waals surface area (Å²) < 4.78 is 38.8. The summed E-state index contributed by atoms with van der Waals surface area (Å²) in [6.45, 7) is 0. The van der Waals surface area contributed by atoms with Gasteiger partial charge < -0.3 is 0 Å². The number of halogens is 4. The molecule has 3 nitrogen and oxygen atoms in total. The number of allylic oxidation sites excluding steroid dienone is 6. The summed E-state index contributed by atoms with van der Waals surface area (Å²) in [5.74, 6) is -0.826. The number of rotatable bonds is 2. The standard InChI is InChI=1S/C13H8ClF3N2O/c14-10-4-1-3-8(7-9(10)13(15,16)17)12-11(19-20)5-2-6-18-12/h1-8H. The molecule has 1 aliphatic rings. The molecule has 1 unspecified atom stereocenters. The van der Waals surface area contributed by atoms with E-state index in [9.17, 15) is 18.1 Å². The van der Waals surface area contributed by atoms with Crippen molar-refractivity contribution in [1.82, 2.24) is 4.98 Å². The average Bonchev–Trinajstić information content (AvgIpc) is 2.60. The molecule has 1 heterocycles. The minimum Gasteiger partial charge on any atom is -0.258 e. The van der Waals surface area contributed by atoms with Gasteiger partial charge in [0.15, 0.2) is 0 Å². The van der Waals surface area contributed by atoms with Crippen LogP contribution in [-0.4, -0.2) is 11.2 Å². The Morgan fingerprint density at radius 2 is 2.10 bits per heavy atom. The molecule has 7 heteroatoms. The van der Waals surface area contributed by atoms with E-state index in [1.165, 1.54) is 30.5 Å². The van der Waals surface area contributed by atoms with Crippen molar-refractivity contribution in [3.8, 4) is 0 Å². The van der Waals surface area contributed by atoms with Crippen molar-refractivity contribution in [2.24, 2.45) is 5.18 Å². The van der Waals surface area contributed by atoms with Gasteiger partial charge in [-0.2, -0.15) is 13.2 Å². The van der Waals surface area contributed by atoms with E-state index in [1.807, 2.05) is 0 Å². The van der Waals surface area contributed by atoms with Gasteiger partial charge in [0.25, 0.3) is 0 Å². The Morgan fingerprint density at radius 3 is 2.75 bits per heavy atom. The molecule has 0 N–H and O–H groups in total. The lowest BCUT2D eigenvalue weighted by Gasteiger charge is -2.13. The SMILES string of the molecule is O=Nc1cccnc1C1C=CC=C(Cl)C(C(F)(F)F)=C1. The van der Waals surface area contributed by atoms with Crippen LogP contribution in [-0.2, 0) is 0 Å². The maximum atomic E-state index is 12.9. The highest BCUT2D eigenvalue weighted by atomic mass is 35.5. The monoisotopic (exact) mass is 300 g/mol. The first kappa shape index (κ1) is 14.5. The smallest absolute Gasteiger partial charge is 0.258 e. The molecular formula is C13H8ClF3N2O. The minimum absolute atomic E-state index is 0.00190. The van der Waals surface area contributed by atoms with Crippen molar-refractivity contribution >= 4 is 17.3 Å². The van der Waals surface area contributed by atoms with Gasteiger partial charge in [0.2, 0.25) is 0 Å². The maximum Gasteiger partial charge on any atom is 0.417 e. The molecule has 0 radical (unpaired) electrons. The summed E-state index contributed by atoms with van der Waals surface area (Å²) in [5.41, 5.74) is -0.810. The fourth-order valence-corrected chi connectivity index (χ4v) is 2.05. The number of alkyl halides is 3. The zero-order valence-corrected chi connectivity index (χ0v) is 10.7. The van der Waals surface area contributed by atoms with Crippen LogP contribution in [0.4, 0.5) is 18.9 Å². The van der Waals surface area contributed by atoms with Crippen molar-refractivity contribution < 1.29 is 13.2 Å². The molecule has 0 bridgehead atoms. The first-order valence-corrected chi connectivity index (χ1v) is 5.93. The highest BCUT2D eigenvalue weighted by Gasteiger charge is 2.36. The van der Waals surface area contributed by atoms with Gasteiger partial charge in [-0.25, -0.2) is 0 Å². The maximum absolute atomic E-state index is 12.9. The van der Waals surface area contributed by atoms with Gasteiger partial charge in [0.05, 0.1) is 16.3 Å². The van der Waals surface area contributed by atoms with Crippen LogP contribution in [0.5, 0.6) is 0 Å². The molecule has 1 atom stereocenters. The summed E-state index contributed by atoms with van der Waals surface area (Å²) in [7, 11) is 0. The second-order valence-electron chi connectivity index (χ2n) is 4.00. The van der Waals surface area contributed by atoms with Crippen LogP contribution < -0.4 is 0 Å². The summed E-state index contributed by atoms with van der Waals surface area (Å²) in [4.78, 5) is 14.6. The lowest BCUT2D eigenvalue weighted by Crippen LogP contribution is -2.13. The molecule has 0 fully saturated rings. The zero-order valence-electron chi connectivity index (χ0n) is 9.93. The third-order valence-corrected chi connectivity index (χ3v) is 3.03. The highest BCUT2D eigenvalue weighted by molar-refractivity contribution is 6.32. The molecule has 20 heavy (non-hydrogen) atoms. The number of hydrogen-bond donors (Lipinski definition) is 0. The van der Waals surface area contributed by atoms with Crippen LogP contribution >= 0.6 is 11.6 Å². The first-order chi connectivity index (χ1) is 9.43. The van der Waals surface area contributed by atoms with Gasteiger partial charge >= 0.3 is 6.18 Å². The highest BCUT2D eigenvalue weighted by Crippen LogP contribution is 2.38. The predicted molar refractivity (Wildman–Crippen MR) is 69.6 cm³/mol. The molecule has 0 saturated carbocycles. The van der Waals surface area contributed by atoms with Gasteiger partial charge in [0.1, 0.15) is 5.69 Å². The average molecular weight is 301 g/mol. The molecule has 0 aliphatic heterocycles. The first-order valence-electron chi connectivity index (χ1n) is 5.55. The second-order valence-corrected chi connectivity index (χ2v) is 4.41. The second kappa shape index (κ2) is 5.58. The Balaban J connectivity index is 2.52. The van der Waals surface area contributed by atoms with E-state index in [1.54, 1.807) is 0 Å². The Bertz CT molecular complexity index is 620. The lowest BCUT2D eigenvalue weighted by atomic mass is 10.00. The Hall–Kier alpha value is -1.95. The van der Waals surface area contributed by atoms with Gasteiger partial charge in [-0.15, -0.1) is 4.91 Å². The van der Waals surface area contributed by atoms with Crippen LogP contribution in [0.15, 0.2) is 58.4 Å². The van der Waals surface area contributed by atoms with E-state index < -0.39 is 22.7 Å². The number of nitrogens with zero attached hydrogens (tertiary/aromatic N) is 2. The van der Waals surface area contributed by atoms with E-state index in [0.717, 1.165) is 12.2 Å². The molecule has 0 spiro atoms. The quantitative estimate of drug-likeness (QED) is 0.740.